The molecule has 0 fully saturated rings. The highest BCUT2D eigenvalue weighted by atomic mass is 32.1. The first kappa shape index (κ1) is 16.0. The first-order valence-corrected chi connectivity index (χ1v) is 8.33. The van der Waals surface area contributed by atoms with Gasteiger partial charge in [0.05, 0.1) is 17.3 Å². The van der Waals surface area contributed by atoms with E-state index in [0.29, 0.717) is 0 Å². The number of thiazole rings is 1. The van der Waals surface area contributed by atoms with Gasteiger partial charge in [-0.1, -0.05) is 30.3 Å². The second kappa shape index (κ2) is 6.72. The number of carbonyl (C=O) groups is 1. The number of hydrogen-bond acceptors (Lipinski definition) is 5. The number of nitrogens with two attached hydrogens (primary N) is 1. The zero-order valence-corrected chi connectivity index (χ0v) is 13.9. The third-order valence-corrected chi connectivity index (χ3v) is 4.48. The molecule has 2 aromatic carbocycles. The summed E-state index contributed by atoms with van der Waals surface area (Å²) in [5.41, 5.74) is 8.00. The summed E-state index contributed by atoms with van der Waals surface area (Å²) in [7, 11) is 0. The number of aromatic nitrogens is 1. The number of amides is 1. The van der Waals surface area contributed by atoms with Crippen LogP contribution in [0.1, 0.15) is 28.9 Å². The van der Waals surface area contributed by atoms with Gasteiger partial charge in [0.25, 0.3) is 5.91 Å². The van der Waals surface area contributed by atoms with Crippen molar-refractivity contribution in [3.05, 3.63) is 65.0 Å². The Labute approximate surface area is 143 Å². The highest BCUT2D eigenvalue weighted by Crippen LogP contribution is 2.30. The smallest absolute Gasteiger partial charge is 0.252 e. The maximum atomic E-state index is 11.3. The molecular weight excluding hydrogens is 322 g/mol. The molecule has 0 aliphatic rings. The van der Waals surface area contributed by atoms with Crippen LogP contribution in [0.4, 0.5) is 5.13 Å². The summed E-state index contributed by atoms with van der Waals surface area (Å²) in [6.07, 6.45) is 0. The number of rotatable bonds is 5. The van der Waals surface area contributed by atoms with Gasteiger partial charge in [-0.15, -0.1) is 11.3 Å². The van der Waals surface area contributed by atoms with Crippen LogP contribution in [0.2, 0.25) is 0 Å². The van der Waals surface area contributed by atoms with E-state index in [2.05, 4.69) is 29.4 Å². The summed E-state index contributed by atoms with van der Waals surface area (Å²) in [6.45, 7) is 2.07. The van der Waals surface area contributed by atoms with Gasteiger partial charge in [0.15, 0.2) is 5.13 Å². The van der Waals surface area contributed by atoms with Crippen LogP contribution in [0.3, 0.4) is 0 Å². The average Bonchev–Trinajstić information content (AvgIpc) is 3.04. The number of nitrogens with one attached hydrogen (secondary N) is 1. The number of carbonyl (C=O) groups excluding carboxylic acids is 1. The molecule has 6 heteroatoms. The van der Waals surface area contributed by atoms with Crippen molar-refractivity contribution < 1.29 is 9.90 Å². The summed E-state index contributed by atoms with van der Waals surface area (Å²) in [4.78, 5) is 15.9. The Hall–Kier alpha value is -2.86. The summed E-state index contributed by atoms with van der Waals surface area (Å²) in [5.74, 6) is -0.793. The molecular formula is C18H17N3O2S. The molecule has 1 amide bonds. The van der Waals surface area contributed by atoms with Crippen molar-refractivity contribution >= 4 is 22.4 Å². The molecule has 122 valence electrons. The summed E-state index contributed by atoms with van der Waals surface area (Å²) >= 11 is 1.48. The number of aromatic hydroxyl groups is 1. The van der Waals surface area contributed by atoms with Gasteiger partial charge in [0.1, 0.15) is 5.75 Å². The summed E-state index contributed by atoms with van der Waals surface area (Å²) < 4.78 is 0. The van der Waals surface area contributed by atoms with E-state index in [1.165, 1.54) is 23.0 Å². The van der Waals surface area contributed by atoms with Gasteiger partial charge in [-0.2, -0.15) is 0 Å². The zero-order chi connectivity index (χ0) is 17.1. The molecule has 4 N–H and O–H groups in total. The van der Waals surface area contributed by atoms with Crippen LogP contribution < -0.4 is 11.1 Å². The standard InChI is InChI=1S/C18H17N3O2S/c1-11(12-5-3-2-4-6-12)20-18-21-15(10-24-18)13-7-8-16(22)14(9-13)17(19)23/h2-11,22H,1H3,(H2,19,23)(H,20,21). The molecule has 5 nitrogen and oxygen atoms in total. The topological polar surface area (TPSA) is 88.2 Å². The lowest BCUT2D eigenvalue weighted by atomic mass is 10.1. The zero-order valence-electron chi connectivity index (χ0n) is 13.1. The fourth-order valence-electron chi connectivity index (χ4n) is 2.38. The number of primary amides is 1. The lowest BCUT2D eigenvalue weighted by Gasteiger charge is -2.12. The van der Waals surface area contributed by atoms with Crippen molar-refractivity contribution in [2.45, 2.75) is 13.0 Å². The first-order chi connectivity index (χ1) is 11.5. The van der Waals surface area contributed by atoms with Crippen molar-refractivity contribution in [1.82, 2.24) is 4.98 Å². The third-order valence-electron chi connectivity index (χ3n) is 3.70. The van der Waals surface area contributed by atoms with E-state index in [1.54, 1.807) is 12.1 Å². The number of phenols is 1. The minimum atomic E-state index is -0.666. The van der Waals surface area contributed by atoms with E-state index in [4.69, 9.17) is 5.73 Å². The van der Waals surface area contributed by atoms with Crippen molar-refractivity contribution in [2.24, 2.45) is 5.73 Å². The van der Waals surface area contributed by atoms with Gasteiger partial charge in [-0.05, 0) is 30.7 Å². The van der Waals surface area contributed by atoms with Crippen molar-refractivity contribution in [2.75, 3.05) is 5.32 Å². The van der Waals surface area contributed by atoms with Crippen LogP contribution in [-0.4, -0.2) is 16.0 Å². The Morgan fingerprint density at radius 3 is 2.71 bits per heavy atom. The van der Waals surface area contributed by atoms with Gasteiger partial charge in [-0.25, -0.2) is 4.98 Å². The molecule has 0 aliphatic carbocycles. The molecule has 3 aromatic rings. The molecule has 0 saturated heterocycles. The molecule has 3 rings (SSSR count). The SMILES string of the molecule is CC(Nc1nc(-c2ccc(O)c(C(N)=O)c2)cs1)c1ccccc1. The van der Waals surface area contributed by atoms with Gasteiger partial charge >= 0.3 is 0 Å². The van der Waals surface area contributed by atoms with Gasteiger partial charge in [-0.3, -0.25) is 4.79 Å². The number of nitrogens with zero attached hydrogens (tertiary/aromatic N) is 1. The van der Waals surface area contributed by atoms with Gasteiger partial charge in [0.2, 0.25) is 0 Å². The van der Waals surface area contributed by atoms with Gasteiger partial charge in [0, 0.05) is 10.9 Å². The van der Waals surface area contributed by atoms with Crippen LogP contribution >= 0.6 is 11.3 Å². The molecule has 1 unspecified atom stereocenters. The minimum absolute atomic E-state index is 0.0904. The normalized spacial score (nSPS) is 11.9. The fourth-order valence-corrected chi connectivity index (χ4v) is 3.18. The van der Waals surface area contributed by atoms with E-state index in [9.17, 15) is 9.90 Å². The molecule has 0 saturated carbocycles. The van der Waals surface area contributed by atoms with Crippen molar-refractivity contribution in [3.63, 3.8) is 0 Å². The van der Waals surface area contributed by atoms with Crippen LogP contribution in [0, 0.1) is 0 Å². The number of anilines is 1. The number of benzene rings is 2. The minimum Gasteiger partial charge on any atom is -0.507 e. The van der Waals surface area contributed by atoms with Crippen LogP contribution in [0.15, 0.2) is 53.9 Å². The maximum Gasteiger partial charge on any atom is 0.252 e. The summed E-state index contributed by atoms with van der Waals surface area (Å²) in [6, 6.07) is 15.0. The maximum absolute atomic E-state index is 11.3. The third kappa shape index (κ3) is 3.38. The van der Waals surface area contributed by atoms with E-state index in [0.717, 1.165) is 16.4 Å². The number of hydrogen-bond donors (Lipinski definition) is 3. The molecule has 1 atom stereocenters. The Kier molecular flexibility index (Phi) is 4.48. The highest BCUT2D eigenvalue weighted by Gasteiger charge is 2.12. The van der Waals surface area contributed by atoms with Crippen molar-refractivity contribution in [3.8, 4) is 17.0 Å². The van der Waals surface area contributed by atoms with E-state index >= 15 is 0 Å². The first-order valence-electron chi connectivity index (χ1n) is 7.45. The molecule has 1 aromatic heterocycles. The summed E-state index contributed by atoms with van der Waals surface area (Å²) in [5, 5.41) is 15.7. The second-order valence-electron chi connectivity index (χ2n) is 5.41. The highest BCUT2D eigenvalue weighted by molar-refractivity contribution is 7.14. The predicted molar refractivity (Wildman–Crippen MR) is 96.2 cm³/mol. The Bertz CT molecular complexity index is 862. The molecule has 0 radical (unpaired) electrons. The molecule has 0 bridgehead atoms. The quantitative estimate of drug-likeness (QED) is 0.660. The van der Waals surface area contributed by atoms with Crippen LogP contribution in [0.25, 0.3) is 11.3 Å². The average molecular weight is 339 g/mol. The monoisotopic (exact) mass is 339 g/mol. The molecule has 24 heavy (non-hydrogen) atoms. The lowest BCUT2D eigenvalue weighted by Crippen LogP contribution is -2.11. The largest absolute Gasteiger partial charge is 0.507 e. The Balaban J connectivity index is 1.81. The van der Waals surface area contributed by atoms with Crippen molar-refractivity contribution in [1.29, 1.82) is 0 Å². The second-order valence-corrected chi connectivity index (χ2v) is 6.27. The Morgan fingerprint density at radius 1 is 1.25 bits per heavy atom. The van der Waals surface area contributed by atoms with Crippen LogP contribution in [0.5, 0.6) is 5.75 Å². The Morgan fingerprint density at radius 2 is 2.00 bits per heavy atom. The molecule has 0 aliphatic heterocycles. The van der Waals surface area contributed by atoms with Crippen LogP contribution in [-0.2, 0) is 0 Å². The van der Waals surface area contributed by atoms with E-state index in [-0.39, 0.29) is 17.4 Å². The molecule has 0 spiro atoms. The predicted octanol–water partition coefficient (Wildman–Crippen LogP) is 3.79. The van der Waals surface area contributed by atoms with E-state index in [1.807, 2.05) is 23.6 Å². The molecule has 1 heterocycles. The van der Waals surface area contributed by atoms with Gasteiger partial charge < -0.3 is 16.2 Å². The fraction of sp³-hybridized carbons (Fsp3) is 0.111. The van der Waals surface area contributed by atoms with E-state index < -0.39 is 5.91 Å². The lowest BCUT2D eigenvalue weighted by molar-refractivity contribution is 0.0998.